The maximum atomic E-state index is 9.22. The van der Waals surface area contributed by atoms with Gasteiger partial charge in [-0.05, 0) is 18.8 Å². The number of ether oxygens (including phenoxy) is 1. The zero-order valence-electron chi connectivity index (χ0n) is 10.4. The molecule has 0 aromatic carbocycles. The summed E-state index contributed by atoms with van der Waals surface area (Å²) >= 11 is 0. The van der Waals surface area contributed by atoms with E-state index in [1.807, 2.05) is 0 Å². The summed E-state index contributed by atoms with van der Waals surface area (Å²) in [7, 11) is 0. The molecule has 17 heavy (non-hydrogen) atoms. The Morgan fingerprint density at radius 3 is 3.06 bits per heavy atom. The first kappa shape index (κ1) is 12.5. The van der Waals surface area contributed by atoms with Crippen molar-refractivity contribution in [1.82, 2.24) is 9.97 Å². The van der Waals surface area contributed by atoms with Crippen molar-refractivity contribution in [1.29, 1.82) is 0 Å². The van der Waals surface area contributed by atoms with Crippen LogP contribution in [0.5, 0.6) is 0 Å². The van der Waals surface area contributed by atoms with Crippen LogP contribution in [0.2, 0.25) is 0 Å². The third-order valence-corrected chi connectivity index (χ3v) is 3.16. The molecule has 1 fully saturated rings. The summed E-state index contributed by atoms with van der Waals surface area (Å²) in [4.78, 5) is 8.90. The second-order valence-corrected chi connectivity index (χ2v) is 4.60. The SMILES string of the molecule is CCCc1nc(CC2CCOC2)ncc1CO. The first-order valence-corrected chi connectivity index (χ1v) is 6.35. The van der Waals surface area contributed by atoms with Crippen LogP contribution in [0, 0.1) is 5.92 Å². The molecule has 1 aromatic rings. The molecule has 1 atom stereocenters. The van der Waals surface area contributed by atoms with Crippen molar-refractivity contribution in [3.63, 3.8) is 0 Å². The van der Waals surface area contributed by atoms with Gasteiger partial charge in [-0.1, -0.05) is 13.3 Å². The van der Waals surface area contributed by atoms with Crippen LogP contribution < -0.4 is 0 Å². The van der Waals surface area contributed by atoms with Gasteiger partial charge in [-0.25, -0.2) is 9.97 Å². The highest BCUT2D eigenvalue weighted by Crippen LogP contribution is 2.17. The van der Waals surface area contributed by atoms with Gasteiger partial charge in [-0.2, -0.15) is 0 Å². The molecule has 0 spiro atoms. The van der Waals surface area contributed by atoms with Gasteiger partial charge in [0.25, 0.3) is 0 Å². The molecule has 0 radical (unpaired) electrons. The van der Waals surface area contributed by atoms with Gasteiger partial charge in [0.2, 0.25) is 0 Å². The molecule has 1 aromatic heterocycles. The van der Waals surface area contributed by atoms with Crippen molar-refractivity contribution >= 4 is 0 Å². The van der Waals surface area contributed by atoms with Crippen molar-refractivity contribution < 1.29 is 9.84 Å². The Labute approximate surface area is 102 Å². The average molecular weight is 236 g/mol. The van der Waals surface area contributed by atoms with E-state index in [1.54, 1.807) is 6.20 Å². The van der Waals surface area contributed by atoms with Crippen LogP contribution >= 0.6 is 0 Å². The number of nitrogens with zero attached hydrogens (tertiary/aromatic N) is 2. The molecule has 1 aliphatic rings. The second kappa shape index (κ2) is 6.07. The van der Waals surface area contributed by atoms with Crippen LogP contribution in [0.3, 0.4) is 0 Å². The molecule has 1 unspecified atom stereocenters. The Bertz CT molecular complexity index is 362. The maximum absolute atomic E-state index is 9.22. The molecule has 0 saturated carbocycles. The van der Waals surface area contributed by atoms with Gasteiger partial charge < -0.3 is 9.84 Å². The molecule has 0 bridgehead atoms. The molecular weight excluding hydrogens is 216 g/mol. The summed E-state index contributed by atoms with van der Waals surface area (Å²) in [5.74, 6) is 1.45. The third kappa shape index (κ3) is 3.23. The molecule has 1 saturated heterocycles. The van der Waals surface area contributed by atoms with Crippen molar-refractivity contribution in [2.24, 2.45) is 5.92 Å². The minimum Gasteiger partial charge on any atom is -0.392 e. The highest BCUT2D eigenvalue weighted by molar-refractivity contribution is 5.17. The van der Waals surface area contributed by atoms with Gasteiger partial charge >= 0.3 is 0 Å². The lowest BCUT2D eigenvalue weighted by atomic mass is 10.0. The zero-order chi connectivity index (χ0) is 12.1. The Morgan fingerprint density at radius 1 is 1.53 bits per heavy atom. The fourth-order valence-electron chi connectivity index (χ4n) is 2.17. The van der Waals surface area contributed by atoms with Gasteiger partial charge in [0.15, 0.2) is 0 Å². The number of aliphatic hydroxyl groups is 1. The molecule has 1 aliphatic heterocycles. The van der Waals surface area contributed by atoms with E-state index >= 15 is 0 Å². The summed E-state index contributed by atoms with van der Waals surface area (Å²) in [6, 6.07) is 0. The second-order valence-electron chi connectivity index (χ2n) is 4.60. The van der Waals surface area contributed by atoms with Crippen LogP contribution in [0.1, 0.15) is 36.8 Å². The van der Waals surface area contributed by atoms with Gasteiger partial charge in [0.1, 0.15) is 5.82 Å². The first-order valence-electron chi connectivity index (χ1n) is 6.35. The predicted octanol–water partition coefficient (Wildman–Crippen LogP) is 1.50. The Balaban J connectivity index is 2.08. The minimum atomic E-state index is 0.0299. The number of aryl methyl sites for hydroxylation is 1. The Hall–Kier alpha value is -1.00. The molecule has 4 heteroatoms. The molecule has 4 nitrogen and oxygen atoms in total. The largest absolute Gasteiger partial charge is 0.392 e. The fourth-order valence-corrected chi connectivity index (χ4v) is 2.17. The molecular formula is C13H20N2O2. The number of aliphatic hydroxyl groups excluding tert-OH is 1. The van der Waals surface area contributed by atoms with E-state index in [4.69, 9.17) is 4.74 Å². The number of rotatable bonds is 5. The van der Waals surface area contributed by atoms with E-state index in [0.29, 0.717) is 5.92 Å². The molecule has 2 heterocycles. The van der Waals surface area contributed by atoms with E-state index in [0.717, 1.165) is 56.0 Å². The average Bonchev–Trinajstić information content (AvgIpc) is 2.83. The topological polar surface area (TPSA) is 55.2 Å². The van der Waals surface area contributed by atoms with Crippen molar-refractivity contribution in [2.75, 3.05) is 13.2 Å². The summed E-state index contributed by atoms with van der Waals surface area (Å²) in [6.45, 7) is 3.84. The summed E-state index contributed by atoms with van der Waals surface area (Å²) in [5, 5.41) is 9.22. The first-order chi connectivity index (χ1) is 8.33. The summed E-state index contributed by atoms with van der Waals surface area (Å²) in [6.07, 6.45) is 5.71. The van der Waals surface area contributed by atoms with Crippen molar-refractivity contribution in [3.05, 3.63) is 23.3 Å². The zero-order valence-corrected chi connectivity index (χ0v) is 10.4. The van der Waals surface area contributed by atoms with Gasteiger partial charge in [0, 0.05) is 37.1 Å². The smallest absolute Gasteiger partial charge is 0.128 e. The van der Waals surface area contributed by atoms with Gasteiger partial charge in [-0.15, -0.1) is 0 Å². The molecule has 1 N–H and O–H groups in total. The number of hydrogen-bond donors (Lipinski definition) is 1. The molecule has 0 aliphatic carbocycles. The lowest BCUT2D eigenvalue weighted by Crippen LogP contribution is -2.10. The van der Waals surface area contributed by atoms with Crippen LogP contribution in [-0.4, -0.2) is 28.3 Å². The minimum absolute atomic E-state index is 0.0299. The Kier molecular flexibility index (Phi) is 4.45. The lowest BCUT2D eigenvalue weighted by Gasteiger charge is -2.10. The van der Waals surface area contributed by atoms with E-state index in [-0.39, 0.29) is 6.61 Å². The van der Waals surface area contributed by atoms with Crippen LogP contribution in [0.15, 0.2) is 6.20 Å². The van der Waals surface area contributed by atoms with E-state index < -0.39 is 0 Å². The van der Waals surface area contributed by atoms with Crippen LogP contribution in [0.25, 0.3) is 0 Å². The van der Waals surface area contributed by atoms with E-state index in [2.05, 4.69) is 16.9 Å². The lowest BCUT2D eigenvalue weighted by molar-refractivity contribution is 0.185. The third-order valence-electron chi connectivity index (χ3n) is 3.16. The summed E-state index contributed by atoms with van der Waals surface area (Å²) < 4.78 is 5.36. The van der Waals surface area contributed by atoms with Crippen LogP contribution in [-0.2, 0) is 24.2 Å². The number of aromatic nitrogens is 2. The quantitative estimate of drug-likeness (QED) is 0.841. The standard InChI is InChI=1S/C13H20N2O2/c1-2-3-12-11(8-16)7-14-13(15-12)6-10-4-5-17-9-10/h7,10,16H,2-6,8-9H2,1H3. The predicted molar refractivity (Wildman–Crippen MR) is 64.6 cm³/mol. The molecule has 2 rings (SSSR count). The van der Waals surface area contributed by atoms with E-state index in [1.165, 1.54) is 0 Å². The van der Waals surface area contributed by atoms with E-state index in [9.17, 15) is 5.11 Å². The van der Waals surface area contributed by atoms with Crippen molar-refractivity contribution in [3.8, 4) is 0 Å². The maximum Gasteiger partial charge on any atom is 0.128 e. The fraction of sp³-hybridized carbons (Fsp3) is 0.692. The summed E-state index contributed by atoms with van der Waals surface area (Å²) in [5.41, 5.74) is 1.86. The monoisotopic (exact) mass is 236 g/mol. The molecule has 94 valence electrons. The highest BCUT2D eigenvalue weighted by Gasteiger charge is 2.18. The normalized spacial score (nSPS) is 19.8. The molecule has 0 amide bonds. The van der Waals surface area contributed by atoms with Gasteiger partial charge in [-0.3, -0.25) is 0 Å². The highest BCUT2D eigenvalue weighted by atomic mass is 16.5. The Morgan fingerprint density at radius 2 is 2.41 bits per heavy atom. The van der Waals surface area contributed by atoms with Gasteiger partial charge in [0.05, 0.1) is 6.61 Å². The number of hydrogen-bond acceptors (Lipinski definition) is 4. The van der Waals surface area contributed by atoms with Crippen molar-refractivity contribution in [2.45, 2.75) is 39.2 Å². The van der Waals surface area contributed by atoms with Crippen LogP contribution in [0.4, 0.5) is 0 Å².